The molecule has 160 valence electrons. The van der Waals surface area contributed by atoms with Crippen LogP contribution in [0.4, 0.5) is 11.6 Å². The van der Waals surface area contributed by atoms with Crippen LogP contribution < -0.4 is 20.5 Å². The van der Waals surface area contributed by atoms with Crippen LogP contribution in [0.15, 0.2) is 52.4 Å². The summed E-state index contributed by atoms with van der Waals surface area (Å²) in [6.45, 7) is 4.04. The number of rotatable bonds is 9. The lowest BCUT2D eigenvalue weighted by Gasteiger charge is -2.11. The lowest BCUT2D eigenvalue weighted by molar-refractivity contribution is -0.385. The summed E-state index contributed by atoms with van der Waals surface area (Å²) in [5, 5.41) is 23.2. The number of nitro benzene ring substituents is 1. The van der Waals surface area contributed by atoms with E-state index in [-0.39, 0.29) is 35.4 Å². The van der Waals surface area contributed by atoms with Crippen LogP contribution >= 0.6 is 0 Å². The van der Waals surface area contributed by atoms with Gasteiger partial charge >= 0.3 is 5.69 Å². The van der Waals surface area contributed by atoms with E-state index in [9.17, 15) is 14.9 Å². The van der Waals surface area contributed by atoms with E-state index in [1.54, 1.807) is 44.2 Å². The SMILES string of the molecule is CCOc1cc(/C=N/Nc2nnc(-c3ccccc3)c(=O)[nH]2)cc([N+](=O)[O-])c1OCC. The van der Waals surface area contributed by atoms with Gasteiger partial charge in [-0.3, -0.25) is 19.9 Å². The standard InChI is InChI=1S/C20H20N6O5/c1-3-30-16-11-13(10-15(26(28)29)18(16)31-4-2)12-21-24-20-22-19(27)17(23-25-20)14-8-6-5-7-9-14/h5-12H,3-4H2,1-2H3,(H2,22,24,25,27)/b21-12+. The number of nitrogens with zero attached hydrogens (tertiary/aromatic N) is 4. The Morgan fingerprint density at radius 2 is 1.90 bits per heavy atom. The molecular weight excluding hydrogens is 404 g/mol. The number of ether oxygens (including phenoxy) is 2. The van der Waals surface area contributed by atoms with E-state index in [2.05, 4.69) is 25.7 Å². The third-order valence-corrected chi connectivity index (χ3v) is 3.97. The van der Waals surface area contributed by atoms with Gasteiger partial charge in [0.15, 0.2) is 11.4 Å². The van der Waals surface area contributed by atoms with Crippen LogP contribution in [-0.2, 0) is 0 Å². The van der Waals surface area contributed by atoms with Crippen LogP contribution in [0.3, 0.4) is 0 Å². The van der Waals surface area contributed by atoms with Gasteiger partial charge in [0.05, 0.1) is 24.4 Å². The number of benzene rings is 2. The second kappa shape index (κ2) is 9.96. The molecule has 2 N–H and O–H groups in total. The molecule has 0 saturated heterocycles. The zero-order valence-corrected chi connectivity index (χ0v) is 16.9. The Labute approximate surface area is 176 Å². The average Bonchev–Trinajstić information content (AvgIpc) is 2.76. The highest BCUT2D eigenvalue weighted by atomic mass is 16.6. The maximum atomic E-state index is 12.3. The maximum absolute atomic E-state index is 12.3. The normalized spacial score (nSPS) is 10.8. The summed E-state index contributed by atoms with van der Waals surface area (Å²) in [4.78, 5) is 25.7. The minimum Gasteiger partial charge on any atom is -0.490 e. The molecule has 0 unspecified atom stereocenters. The van der Waals surface area contributed by atoms with Crippen LogP contribution in [0.2, 0.25) is 0 Å². The minimum atomic E-state index is -0.552. The van der Waals surface area contributed by atoms with Gasteiger partial charge in [0.2, 0.25) is 11.7 Å². The number of hydrogen-bond donors (Lipinski definition) is 2. The summed E-state index contributed by atoms with van der Waals surface area (Å²) in [5.74, 6) is 0.318. The van der Waals surface area contributed by atoms with Gasteiger partial charge < -0.3 is 9.47 Å². The second-order valence-electron chi connectivity index (χ2n) is 6.08. The Hall–Kier alpha value is -4.28. The van der Waals surface area contributed by atoms with Gasteiger partial charge in [0.25, 0.3) is 5.56 Å². The highest BCUT2D eigenvalue weighted by molar-refractivity contribution is 5.83. The van der Waals surface area contributed by atoms with Crippen molar-refractivity contribution in [2.45, 2.75) is 13.8 Å². The molecule has 31 heavy (non-hydrogen) atoms. The molecule has 0 fully saturated rings. The Kier molecular flexibility index (Phi) is 6.89. The van der Waals surface area contributed by atoms with Crippen LogP contribution in [0.5, 0.6) is 11.5 Å². The fourth-order valence-electron chi connectivity index (χ4n) is 2.71. The third kappa shape index (κ3) is 5.21. The van der Waals surface area contributed by atoms with Crippen LogP contribution in [0.1, 0.15) is 19.4 Å². The highest BCUT2D eigenvalue weighted by Crippen LogP contribution is 2.38. The predicted octanol–water partition coefficient (Wildman–Crippen LogP) is 2.98. The van der Waals surface area contributed by atoms with E-state index in [4.69, 9.17) is 9.47 Å². The molecule has 0 aliphatic carbocycles. The summed E-state index contributed by atoms with van der Waals surface area (Å²) >= 11 is 0. The molecule has 0 saturated carbocycles. The first-order valence-corrected chi connectivity index (χ1v) is 9.43. The zero-order chi connectivity index (χ0) is 22.2. The number of hydrazone groups is 1. The Balaban J connectivity index is 1.82. The smallest absolute Gasteiger partial charge is 0.315 e. The van der Waals surface area contributed by atoms with Crippen molar-refractivity contribution in [3.63, 3.8) is 0 Å². The lowest BCUT2D eigenvalue weighted by atomic mass is 10.2. The van der Waals surface area contributed by atoms with Crippen molar-refractivity contribution in [1.82, 2.24) is 15.2 Å². The predicted molar refractivity (Wildman–Crippen MR) is 115 cm³/mol. The van der Waals surface area contributed by atoms with Crippen molar-refractivity contribution >= 4 is 17.9 Å². The first-order valence-electron chi connectivity index (χ1n) is 9.43. The second-order valence-corrected chi connectivity index (χ2v) is 6.08. The molecular formula is C20H20N6O5. The lowest BCUT2D eigenvalue weighted by Crippen LogP contribution is -2.15. The largest absolute Gasteiger partial charge is 0.490 e. The fourth-order valence-corrected chi connectivity index (χ4v) is 2.71. The summed E-state index contributed by atoms with van der Waals surface area (Å²) in [6, 6.07) is 11.8. The monoisotopic (exact) mass is 424 g/mol. The number of H-pyrrole nitrogens is 1. The fraction of sp³-hybridized carbons (Fsp3) is 0.200. The average molecular weight is 424 g/mol. The van der Waals surface area contributed by atoms with E-state index < -0.39 is 10.5 Å². The topological polar surface area (TPSA) is 145 Å². The van der Waals surface area contributed by atoms with E-state index in [0.717, 1.165) is 0 Å². The van der Waals surface area contributed by atoms with E-state index in [1.165, 1.54) is 12.3 Å². The van der Waals surface area contributed by atoms with Crippen LogP contribution in [0, 0.1) is 10.1 Å². The van der Waals surface area contributed by atoms with Crippen molar-refractivity contribution in [2.24, 2.45) is 5.10 Å². The van der Waals surface area contributed by atoms with Crippen LogP contribution in [-0.4, -0.2) is 39.5 Å². The van der Waals surface area contributed by atoms with Gasteiger partial charge in [0, 0.05) is 17.2 Å². The maximum Gasteiger partial charge on any atom is 0.315 e. The summed E-state index contributed by atoms with van der Waals surface area (Å²) in [7, 11) is 0. The molecule has 2 aromatic carbocycles. The molecule has 0 spiro atoms. The summed E-state index contributed by atoms with van der Waals surface area (Å²) in [5.41, 5.74) is 3.08. The number of hydrogen-bond acceptors (Lipinski definition) is 9. The number of aromatic nitrogens is 3. The quantitative estimate of drug-likeness (QED) is 0.303. The minimum absolute atomic E-state index is 0.0198. The number of nitro groups is 1. The van der Waals surface area contributed by atoms with Gasteiger partial charge in [-0.2, -0.15) is 5.10 Å². The van der Waals surface area contributed by atoms with Gasteiger partial charge in [-0.1, -0.05) is 30.3 Å². The number of nitrogens with one attached hydrogen (secondary N) is 2. The van der Waals surface area contributed by atoms with Crippen molar-refractivity contribution < 1.29 is 14.4 Å². The highest BCUT2D eigenvalue weighted by Gasteiger charge is 2.22. The van der Waals surface area contributed by atoms with Gasteiger partial charge in [-0.15, -0.1) is 10.2 Å². The third-order valence-electron chi connectivity index (χ3n) is 3.97. The van der Waals surface area contributed by atoms with Crippen molar-refractivity contribution in [2.75, 3.05) is 18.6 Å². The van der Waals surface area contributed by atoms with Crippen molar-refractivity contribution in [3.05, 3.63) is 68.5 Å². The van der Waals surface area contributed by atoms with Crippen molar-refractivity contribution in [1.29, 1.82) is 0 Å². The molecule has 0 aliphatic heterocycles. The molecule has 1 heterocycles. The summed E-state index contributed by atoms with van der Waals surface area (Å²) in [6.07, 6.45) is 1.33. The molecule has 0 bridgehead atoms. The molecule has 11 heteroatoms. The van der Waals surface area contributed by atoms with Gasteiger partial charge in [-0.05, 0) is 19.9 Å². The Bertz CT molecular complexity index is 1150. The molecule has 0 amide bonds. The number of aromatic amines is 1. The van der Waals surface area contributed by atoms with Gasteiger partial charge in [0.1, 0.15) is 0 Å². The molecule has 0 aliphatic rings. The molecule has 0 atom stereocenters. The first kappa shape index (κ1) is 21.4. The summed E-state index contributed by atoms with van der Waals surface area (Å²) < 4.78 is 10.9. The first-order chi connectivity index (χ1) is 15.0. The molecule has 11 nitrogen and oxygen atoms in total. The Morgan fingerprint density at radius 3 is 2.55 bits per heavy atom. The Morgan fingerprint density at radius 1 is 1.16 bits per heavy atom. The van der Waals surface area contributed by atoms with Crippen molar-refractivity contribution in [3.8, 4) is 22.8 Å². The molecule has 1 aromatic heterocycles. The molecule has 3 rings (SSSR count). The molecule has 0 radical (unpaired) electrons. The molecule has 3 aromatic rings. The van der Waals surface area contributed by atoms with E-state index >= 15 is 0 Å². The number of anilines is 1. The van der Waals surface area contributed by atoms with Gasteiger partial charge in [-0.25, -0.2) is 5.43 Å². The van der Waals surface area contributed by atoms with Crippen LogP contribution in [0.25, 0.3) is 11.3 Å². The van der Waals surface area contributed by atoms with E-state index in [0.29, 0.717) is 17.7 Å². The zero-order valence-electron chi connectivity index (χ0n) is 16.9. The van der Waals surface area contributed by atoms with E-state index in [1.807, 2.05) is 6.07 Å².